The van der Waals surface area contributed by atoms with Crippen LogP contribution < -0.4 is 0 Å². The molecule has 11 nitrogen and oxygen atoms in total. The van der Waals surface area contributed by atoms with E-state index in [1.165, 1.54) is 49.1 Å². The van der Waals surface area contributed by atoms with Crippen LogP contribution in [0.3, 0.4) is 0 Å². The normalized spacial score (nSPS) is 16.0. The van der Waals surface area contributed by atoms with Gasteiger partial charge in [-0.15, -0.1) is 0 Å². The van der Waals surface area contributed by atoms with Gasteiger partial charge in [0.2, 0.25) is 0 Å². The molecule has 0 saturated heterocycles. The number of benzene rings is 2. The Balaban J connectivity index is 0.000000176. The van der Waals surface area contributed by atoms with Crippen molar-refractivity contribution in [3.63, 3.8) is 0 Å². The van der Waals surface area contributed by atoms with Crippen LogP contribution in [0.1, 0.15) is 44.6 Å². The number of phenolic OH excluding ortho intramolecular Hbond substituents is 1. The summed E-state index contributed by atoms with van der Waals surface area (Å²) >= 11 is 0. The van der Waals surface area contributed by atoms with Gasteiger partial charge in [-0.2, -0.15) is 0 Å². The molecule has 0 atom stereocenters. The van der Waals surface area contributed by atoms with E-state index in [1.807, 2.05) is 0 Å². The summed E-state index contributed by atoms with van der Waals surface area (Å²) in [5, 5.41) is 40.2. The van der Waals surface area contributed by atoms with E-state index in [-0.39, 0.29) is 0 Å². The van der Waals surface area contributed by atoms with E-state index >= 15 is 0 Å². The molecule has 1 fully saturated rings. The number of nitro groups is 3. The van der Waals surface area contributed by atoms with E-state index in [0.29, 0.717) is 17.5 Å². The zero-order valence-corrected chi connectivity index (χ0v) is 16.7. The molecule has 31 heavy (non-hydrogen) atoms. The van der Waals surface area contributed by atoms with Crippen molar-refractivity contribution in [2.45, 2.75) is 44.4 Å². The summed E-state index contributed by atoms with van der Waals surface area (Å²) in [4.78, 5) is 32.5. The maximum atomic E-state index is 10.4. The molecule has 1 saturated carbocycles. The van der Waals surface area contributed by atoms with Crippen molar-refractivity contribution in [2.24, 2.45) is 4.99 Å². The van der Waals surface area contributed by atoms with Crippen LogP contribution in [0.2, 0.25) is 0 Å². The highest BCUT2D eigenvalue weighted by Gasteiger charge is 2.41. The highest BCUT2D eigenvalue weighted by molar-refractivity contribution is 6.00. The van der Waals surface area contributed by atoms with Crippen molar-refractivity contribution in [3.8, 4) is 5.75 Å². The van der Waals surface area contributed by atoms with Gasteiger partial charge >= 0.3 is 11.4 Å². The maximum absolute atomic E-state index is 10.4. The van der Waals surface area contributed by atoms with E-state index in [1.54, 1.807) is 0 Å². The van der Waals surface area contributed by atoms with Crippen molar-refractivity contribution in [2.75, 3.05) is 0 Å². The van der Waals surface area contributed by atoms with Gasteiger partial charge in [0, 0.05) is 11.1 Å². The molecule has 1 N–H and O–H groups in total. The quantitative estimate of drug-likeness (QED) is 0.524. The second-order valence-corrected chi connectivity index (χ2v) is 7.46. The largest absolute Gasteiger partial charge is 0.497 e. The molecule has 1 heterocycles. The van der Waals surface area contributed by atoms with Crippen LogP contribution in [-0.4, -0.2) is 25.6 Å². The molecule has 4 rings (SSSR count). The summed E-state index contributed by atoms with van der Waals surface area (Å²) in [5.41, 5.74) is 1.37. The molecular weight excluding hydrogens is 408 g/mol. The standard InChI is InChI=1S/C14H17N.C6H3N3O7/c1-11-14(9-5-2-6-10-14)12-7-3-4-8-13(12)15-11;10-6-4(8(13)14)1-3(7(11)12)2-5(6)9(15)16/h3-4,7-8H,2,5-6,9-10H2,1H3;1-2,10H. The summed E-state index contributed by atoms with van der Waals surface area (Å²) in [7, 11) is 0. The van der Waals surface area contributed by atoms with E-state index < -0.39 is 37.6 Å². The van der Waals surface area contributed by atoms with Gasteiger partial charge in [0.25, 0.3) is 11.4 Å². The fourth-order valence-corrected chi connectivity index (χ4v) is 4.22. The van der Waals surface area contributed by atoms with Crippen molar-refractivity contribution in [3.05, 3.63) is 72.3 Å². The van der Waals surface area contributed by atoms with Gasteiger partial charge in [-0.1, -0.05) is 37.5 Å². The van der Waals surface area contributed by atoms with Crippen LogP contribution in [0, 0.1) is 30.3 Å². The lowest BCUT2D eigenvalue weighted by Gasteiger charge is -2.34. The lowest BCUT2D eigenvalue weighted by Crippen LogP contribution is -2.33. The number of rotatable bonds is 3. The van der Waals surface area contributed by atoms with Gasteiger partial charge < -0.3 is 5.11 Å². The third-order valence-corrected chi connectivity index (χ3v) is 5.77. The highest BCUT2D eigenvalue weighted by Crippen LogP contribution is 2.48. The van der Waals surface area contributed by atoms with E-state index in [2.05, 4.69) is 31.2 Å². The fourth-order valence-electron chi connectivity index (χ4n) is 4.22. The Bertz CT molecular complexity index is 1060. The summed E-state index contributed by atoms with van der Waals surface area (Å²) < 4.78 is 0. The summed E-state index contributed by atoms with van der Waals surface area (Å²) in [6, 6.07) is 9.58. The van der Waals surface area contributed by atoms with Crippen LogP contribution in [0.15, 0.2) is 41.4 Å². The number of phenols is 1. The number of non-ortho nitro benzene ring substituents is 1. The van der Waals surface area contributed by atoms with Gasteiger partial charge in [-0.25, -0.2) is 0 Å². The minimum atomic E-state index is -1.21. The summed E-state index contributed by atoms with van der Waals surface area (Å²) in [6.07, 6.45) is 6.73. The van der Waals surface area contributed by atoms with Crippen LogP contribution in [0.4, 0.5) is 22.7 Å². The Morgan fingerprint density at radius 2 is 1.45 bits per heavy atom. The summed E-state index contributed by atoms with van der Waals surface area (Å²) in [5.74, 6) is -1.21. The number of para-hydroxylation sites is 1. The maximum Gasteiger partial charge on any atom is 0.324 e. The third-order valence-electron chi connectivity index (χ3n) is 5.77. The number of aliphatic imine (C=N–C) groups is 1. The molecule has 1 aliphatic heterocycles. The Kier molecular flexibility index (Phi) is 5.95. The van der Waals surface area contributed by atoms with Crippen LogP contribution >= 0.6 is 0 Å². The number of fused-ring (bicyclic) bond motifs is 2. The molecular formula is C20H20N4O7. The molecule has 1 aliphatic carbocycles. The van der Waals surface area contributed by atoms with Crippen LogP contribution in [0.5, 0.6) is 5.75 Å². The molecule has 0 radical (unpaired) electrons. The zero-order chi connectivity index (χ0) is 22.8. The number of aromatic hydroxyl groups is 1. The summed E-state index contributed by atoms with van der Waals surface area (Å²) in [6.45, 7) is 2.21. The van der Waals surface area contributed by atoms with Gasteiger partial charge in [0.05, 0.1) is 32.6 Å². The average Bonchev–Trinajstić information content (AvgIpc) is 3.00. The molecule has 2 aliphatic rings. The lowest BCUT2D eigenvalue weighted by molar-refractivity contribution is -0.404. The lowest BCUT2D eigenvalue weighted by atomic mass is 9.68. The fraction of sp³-hybridized carbons (Fsp3) is 0.350. The number of nitro benzene ring substituents is 3. The molecule has 0 amide bonds. The van der Waals surface area contributed by atoms with E-state index in [4.69, 9.17) is 10.1 Å². The third kappa shape index (κ3) is 4.06. The minimum Gasteiger partial charge on any atom is -0.497 e. The predicted molar refractivity (Wildman–Crippen MR) is 112 cm³/mol. The highest BCUT2D eigenvalue weighted by atomic mass is 16.6. The van der Waals surface area contributed by atoms with Gasteiger partial charge in [0.15, 0.2) is 0 Å². The van der Waals surface area contributed by atoms with Gasteiger partial charge in [-0.05, 0) is 31.4 Å². The first-order valence-corrected chi connectivity index (χ1v) is 9.63. The smallest absolute Gasteiger partial charge is 0.324 e. The second-order valence-electron chi connectivity index (χ2n) is 7.46. The molecule has 0 aromatic heterocycles. The monoisotopic (exact) mass is 428 g/mol. The topological polar surface area (TPSA) is 162 Å². The SMILES string of the molecule is CC1=Nc2ccccc2C12CCCCC2.O=[N+]([O-])c1cc([N+](=O)[O-])c(O)c([N+](=O)[O-])c1. The number of hydrogen-bond donors (Lipinski definition) is 1. The second kappa shape index (κ2) is 8.46. The molecule has 162 valence electrons. The number of hydrogen-bond acceptors (Lipinski definition) is 8. The molecule has 0 bridgehead atoms. The van der Waals surface area contributed by atoms with Gasteiger partial charge in [-0.3, -0.25) is 35.3 Å². The zero-order valence-electron chi connectivity index (χ0n) is 16.7. The number of nitrogens with zero attached hydrogens (tertiary/aromatic N) is 4. The average molecular weight is 428 g/mol. The molecule has 2 aromatic rings. The first kappa shape index (κ1) is 21.8. The Morgan fingerprint density at radius 1 is 0.903 bits per heavy atom. The van der Waals surface area contributed by atoms with Crippen molar-refractivity contribution in [1.29, 1.82) is 0 Å². The molecule has 1 spiro atoms. The van der Waals surface area contributed by atoms with E-state index in [0.717, 1.165) is 0 Å². The Morgan fingerprint density at radius 3 is 1.97 bits per heavy atom. The van der Waals surface area contributed by atoms with Crippen molar-refractivity contribution < 1.29 is 19.9 Å². The minimum absolute atomic E-state index is 0.314. The first-order valence-electron chi connectivity index (χ1n) is 9.63. The Hall–Kier alpha value is -3.89. The Labute approximate surface area is 176 Å². The van der Waals surface area contributed by atoms with E-state index in [9.17, 15) is 30.3 Å². The van der Waals surface area contributed by atoms with Crippen LogP contribution in [-0.2, 0) is 5.41 Å². The predicted octanol–water partition coefficient (Wildman–Crippen LogP) is 5.11. The molecule has 2 aromatic carbocycles. The van der Waals surface area contributed by atoms with Crippen LogP contribution in [0.25, 0.3) is 0 Å². The molecule has 0 unspecified atom stereocenters. The van der Waals surface area contributed by atoms with Crippen molar-refractivity contribution >= 4 is 28.5 Å². The first-order chi connectivity index (χ1) is 14.7. The van der Waals surface area contributed by atoms with Gasteiger partial charge in [0.1, 0.15) is 0 Å². The molecule has 11 heteroatoms. The van der Waals surface area contributed by atoms with Crippen molar-refractivity contribution in [1.82, 2.24) is 0 Å².